The summed E-state index contributed by atoms with van der Waals surface area (Å²) in [6.07, 6.45) is 4.08. The van der Waals surface area contributed by atoms with E-state index in [1.165, 1.54) is 24.5 Å². The summed E-state index contributed by atoms with van der Waals surface area (Å²) in [5.74, 6) is 0.0747. The predicted molar refractivity (Wildman–Crippen MR) is 76.4 cm³/mol. The van der Waals surface area contributed by atoms with Gasteiger partial charge in [-0.1, -0.05) is 11.6 Å². The quantitative estimate of drug-likeness (QED) is 0.871. The maximum Gasteiger partial charge on any atom is 0.263 e. The van der Waals surface area contributed by atoms with E-state index in [4.69, 9.17) is 17.3 Å². The van der Waals surface area contributed by atoms with E-state index in [0.717, 1.165) is 6.20 Å². The molecule has 2 aromatic heterocycles. The Hall–Kier alpha value is -1.38. The van der Waals surface area contributed by atoms with Gasteiger partial charge in [-0.15, -0.1) is 0 Å². The number of hydrogen-bond acceptors (Lipinski definition) is 5. The molecular formula is C10H8BrClN4O2S. The topological polar surface area (TPSA) is 98.0 Å². The van der Waals surface area contributed by atoms with E-state index in [2.05, 4.69) is 30.6 Å². The van der Waals surface area contributed by atoms with Crippen LogP contribution in [-0.2, 0) is 10.0 Å². The van der Waals surface area contributed by atoms with Gasteiger partial charge in [0.25, 0.3) is 10.0 Å². The maximum atomic E-state index is 12.1. The third kappa shape index (κ3) is 3.14. The normalized spacial score (nSPS) is 11.3. The van der Waals surface area contributed by atoms with Gasteiger partial charge >= 0.3 is 0 Å². The van der Waals surface area contributed by atoms with E-state index < -0.39 is 10.0 Å². The van der Waals surface area contributed by atoms with E-state index >= 15 is 0 Å². The number of halogens is 2. The Morgan fingerprint density at radius 3 is 2.74 bits per heavy atom. The summed E-state index contributed by atoms with van der Waals surface area (Å²) in [5, 5.41) is 0.0802. The van der Waals surface area contributed by atoms with Crippen LogP contribution in [0.25, 0.3) is 0 Å². The monoisotopic (exact) mass is 362 g/mol. The van der Waals surface area contributed by atoms with Gasteiger partial charge in [-0.25, -0.2) is 13.4 Å². The maximum absolute atomic E-state index is 12.1. The van der Waals surface area contributed by atoms with Crippen molar-refractivity contribution < 1.29 is 8.42 Å². The molecule has 0 saturated heterocycles. The van der Waals surface area contributed by atoms with Crippen molar-refractivity contribution >= 4 is 49.1 Å². The zero-order chi connectivity index (χ0) is 14.0. The Labute approximate surface area is 123 Å². The number of anilines is 2. The molecule has 0 radical (unpaired) electrons. The number of rotatable bonds is 3. The summed E-state index contributed by atoms with van der Waals surface area (Å²) in [4.78, 5) is 7.48. The second kappa shape index (κ2) is 5.32. The van der Waals surface area contributed by atoms with Crippen LogP contribution in [0.15, 0.2) is 40.1 Å². The summed E-state index contributed by atoms with van der Waals surface area (Å²) in [7, 11) is -3.79. The Kier molecular flexibility index (Phi) is 3.93. The van der Waals surface area contributed by atoms with Crippen molar-refractivity contribution in [2.75, 3.05) is 10.5 Å². The second-order valence-corrected chi connectivity index (χ2v) is 6.44. The fraction of sp³-hybridized carbons (Fsp3) is 0. The van der Waals surface area contributed by atoms with Crippen molar-refractivity contribution in [1.29, 1.82) is 0 Å². The molecular weight excluding hydrogens is 356 g/mol. The summed E-state index contributed by atoms with van der Waals surface area (Å²) < 4.78 is 27.2. The largest absolute Gasteiger partial charge is 0.382 e. The van der Waals surface area contributed by atoms with Crippen molar-refractivity contribution in [3.8, 4) is 0 Å². The zero-order valence-electron chi connectivity index (χ0n) is 9.34. The number of nitrogens with zero attached hydrogens (tertiary/aromatic N) is 2. The Bertz CT molecular complexity index is 723. The standard InChI is InChI=1S/C10H8BrClN4O2S/c11-7-5-14-2-1-9(7)16-19(17,18)6-3-8(12)10(13)15-4-6/h1-5H,(H2,13,15)(H,14,16). The summed E-state index contributed by atoms with van der Waals surface area (Å²) in [5.41, 5.74) is 5.80. The number of nitrogens with one attached hydrogen (secondary N) is 1. The molecule has 19 heavy (non-hydrogen) atoms. The van der Waals surface area contributed by atoms with E-state index in [1.54, 1.807) is 0 Å². The highest BCUT2D eigenvalue weighted by molar-refractivity contribution is 9.10. The molecule has 0 aliphatic carbocycles. The molecule has 0 aliphatic heterocycles. The number of nitrogens with two attached hydrogens (primary N) is 1. The molecule has 3 N–H and O–H groups in total. The third-order valence-electron chi connectivity index (χ3n) is 2.17. The fourth-order valence-electron chi connectivity index (χ4n) is 1.24. The van der Waals surface area contributed by atoms with Crippen LogP contribution in [0.4, 0.5) is 11.5 Å². The highest BCUT2D eigenvalue weighted by atomic mass is 79.9. The molecule has 0 amide bonds. The lowest BCUT2D eigenvalue weighted by Crippen LogP contribution is -2.14. The molecule has 2 rings (SSSR count). The molecule has 0 spiro atoms. The van der Waals surface area contributed by atoms with Crippen molar-refractivity contribution in [3.05, 3.63) is 40.2 Å². The minimum atomic E-state index is -3.79. The zero-order valence-corrected chi connectivity index (χ0v) is 12.5. The third-order valence-corrected chi connectivity index (χ3v) is 4.44. The molecule has 0 bridgehead atoms. The van der Waals surface area contributed by atoms with Gasteiger partial charge in [-0.2, -0.15) is 0 Å². The smallest absolute Gasteiger partial charge is 0.263 e. The molecule has 0 saturated carbocycles. The lowest BCUT2D eigenvalue weighted by molar-refractivity contribution is 0.601. The van der Waals surface area contributed by atoms with Crippen LogP contribution in [-0.4, -0.2) is 18.4 Å². The van der Waals surface area contributed by atoms with Gasteiger partial charge in [0.15, 0.2) is 0 Å². The van der Waals surface area contributed by atoms with Crippen LogP contribution in [0.3, 0.4) is 0 Å². The van der Waals surface area contributed by atoms with E-state index in [0.29, 0.717) is 10.2 Å². The first-order chi connectivity index (χ1) is 8.90. The van der Waals surface area contributed by atoms with Crippen molar-refractivity contribution in [3.63, 3.8) is 0 Å². The predicted octanol–water partition coefficient (Wildman–Crippen LogP) is 2.28. The van der Waals surface area contributed by atoms with E-state index in [1.807, 2.05) is 0 Å². The lowest BCUT2D eigenvalue weighted by Gasteiger charge is -2.09. The van der Waals surface area contributed by atoms with Crippen molar-refractivity contribution in [2.45, 2.75) is 4.90 Å². The Balaban J connectivity index is 2.38. The summed E-state index contributed by atoms with van der Waals surface area (Å²) in [6.45, 7) is 0. The number of sulfonamides is 1. The molecule has 9 heteroatoms. The van der Waals surface area contributed by atoms with Crippen LogP contribution in [0, 0.1) is 0 Å². The van der Waals surface area contributed by atoms with Gasteiger partial charge in [0.05, 0.1) is 15.2 Å². The first kappa shape index (κ1) is 14.0. The molecule has 100 valence electrons. The fourth-order valence-corrected chi connectivity index (χ4v) is 3.00. The van der Waals surface area contributed by atoms with Crippen LogP contribution in [0.1, 0.15) is 0 Å². The van der Waals surface area contributed by atoms with Crippen LogP contribution in [0.2, 0.25) is 5.02 Å². The van der Waals surface area contributed by atoms with E-state index in [9.17, 15) is 8.42 Å². The van der Waals surface area contributed by atoms with Gasteiger partial charge in [-0.05, 0) is 28.1 Å². The number of aromatic nitrogens is 2. The van der Waals surface area contributed by atoms with Gasteiger partial charge in [0.1, 0.15) is 10.7 Å². The van der Waals surface area contributed by atoms with Crippen LogP contribution < -0.4 is 10.5 Å². The van der Waals surface area contributed by atoms with Gasteiger partial charge < -0.3 is 5.73 Å². The SMILES string of the molecule is Nc1ncc(S(=O)(=O)Nc2ccncc2Br)cc1Cl. The highest BCUT2D eigenvalue weighted by Crippen LogP contribution is 2.25. The van der Waals surface area contributed by atoms with E-state index in [-0.39, 0.29) is 15.7 Å². The molecule has 2 heterocycles. The number of nitrogen functional groups attached to an aromatic ring is 1. The van der Waals surface area contributed by atoms with Gasteiger partial charge in [0.2, 0.25) is 0 Å². The van der Waals surface area contributed by atoms with Crippen molar-refractivity contribution in [1.82, 2.24) is 9.97 Å². The Morgan fingerprint density at radius 1 is 1.37 bits per heavy atom. The molecule has 0 unspecified atom stereocenters. The molecule has 0 aromatic carbocycles. The first-order valence-corrected chi connectivity index (χ1v) is 7.59. The van der Waals surface area contributed by atoms with Crippen LogP contribution >= 0.6 is 27.5 Å². The second-order valence-electron chi connectivity index (χ2n) is 3.50. The van der Waals surface area contributed by atoms with Gasteiger partial charge in [-0.3, -0.25) is 9.71 Å². The highest BCUT2D eigenvalue weighted by Gasteiger charge is 2.17. The molecule has 0 aliphatic rings. The minimum Gasteiger partial charge on any atom is -0.382 e. The van der Waals surface area contributed by atoms with Crippen LogP contribution in [0.5, 0.6) is 0 Å². The lowest BCUT2D eigenvalue weighted by atomic mass is 10.4. The molecule has 0 atom stereocenters. The molecule has 0 fully saturated rings. The summed E-state index contributed by atoms with van der Waals surface area (Å²) in [6, 6.07) is 2.76. The number of hydrogen-bond donors (Lipinski definition) is 2. The minimum absolute atomic E-state index is 0.0737. The van der Waals surface area contributed by atoms with Gasteiger partial charge in [0, 0.05) is 18.6 Å². The first-order valence-electron chi connectivity index (χ1n) is 4.93. The van der Waals surface area contributed by atoms with Crippen molar-refractivity contribution in [2.24, 2.45) is 0 Å². The Morgan fingerprint density at radius 2 is 2.11 bits per heavy atom. The average Bonchev–Trinajstić information content (AvgIpc) is 2.35. The molecule has 2 aromatic rings. The number of pyridine rings is 2. The average molecular weight is 364 g/mol. The summed E-state index contributed by atoms with van der Waals surface area (Å²) >= 11 is 8.95. The molecule has 6 nitrogen and oxygen atoms in total.